The highest BCUT2D eigenvalue weighted by Crippen LogP contribution is 2.22. The number of aryl methyl sites for hydroxylation is 1. The van der Waals surface area contributed by atoms with Crippen LogP contribution in [0.25, 0.3) is 0 Å². The second kappa shape index (κ2) is 6.73. The molecule has 0 aliphatic heterocycles. The normalized spacial score (nSPS) is 12.4. The summed E-state index contributed by atoms with van der Waals surface area (Å²) in [6.45, 7) is 2.10. The Morgan fingerprint density at radius 3 is 2.68 bits per heavy atom. The molecule has 1 unspecified atom stereocenters. The first-order chi connectivity index (χ1) is 9.15. The largest absolute Gasteiger partial charge is 0.327 e. The van der Waals surface area contributed by atoms with Gasteiger partial charge in [-0.2, -0.15) is 0 Å². The van der Waals surface area contributed by atoms with E-state index in [2.05, 4.69) is 19.1 Å². The molecule has 1 atom stereocenters. The molecule has 0 spiro atoms. The summed E-state index contributed by atoms with van der Waals surface area (Å²) in [5.41, 5.74) is 8.34. The van der Waals surface area contributed by atoms with E-state index < -0.39 is 0 Å². The molecule has 0 fully saturated rings. The van der Waals surface area contributed by atoms with Crippen LogP contribution in [0.3, 0.4) is 0 Å². The minimum atomic E-state index is -0.198. The van der Waals surface area contributed by atoms with Crippen molar-refractivity contribution < 1.29 is 4.39 Å². The Bertz CT molecular complexity index is 542. The molecule has 2 aromatic carbocycles. The zero-order chi connectivity index (χ0) is 13.7. The third kappa shape index (κ3) is 4.37. The van der Waals surface area contributed by atoms with E-state index in [4.69, 9.17) is 5.73 Å². The third-order valence-corrected chi connectivity index (χ3v) is 4.30. The zero-order valence-corrected chi connectivity index (χ0v) is 11.8. The lowest BCUT2D eigenvalue weighted by Gasteiger charge is -2.12. The van der Waals surface area contributed by atoms with E-state index >= 15 is 0 Å². The molecule has 19 heavy (non-hydrogen) atoms. The maximum Gasteiger partial charge on any atom is 0.123 e. The predicted octanol–water partition coefficient (Wildman–Crippen LogP) is 3.80. The summed E-state index contributed by atoms with van der Waals surface area (Å²) in [6, 6.07) is 15.0. The van der Waals surface area contributed by atoms with Crippen LogP contribution in [-0.4, -0.2) is 11.8 Å². The average molecular weight is 275 g/mol. The highest BCUT2D eigenvalue weighted by molar-refractivity contribution is 7.99. The Balaban J connectivity index is 1.88. The van der Waals surface area contributed by atoms with Gasteiger partial charge in [0.1, 0.15) is 5.82 Å². The predicted molar refractivity (Wildman–Crippen MR) is 80.0 cm³/mol. The molecule has 0 saturated carbocycles. The first kappa shape index (κ1) is 14.1. The molecule has 2 rings (SSSR count). The molecule has 2 N–H and O–H groups in total. The van der Waals surface area contributed by atoms with Crippen molar-refractivity contribution in [2.45, 2.75) is 24.3 Å². The van der Waals surface area contributed by atoms with Crippen LogP contribution in [-0.2, 0) is 6.42 Å². The standard InChI is InChI=1S/C16H18FNS/c1-12-5-2-3-8-16(12)19-11-15(18)10-13-6-4-7-14(17)9-13/h2-9,15H,10-11,18H2,1H3. The van der Waals surface area contributed by atoms with Crippen LogP contribution in [0, 0.1) is 12.7 Å². The lowest BCUT2D eigenvalue weighted by atomic mass is 10.1. The molecule has 0 aliphatic carbocycles. The van der Waals surface area contributed by atoms with E-state index in [1.807, 2.05) is 18.2 Å². The van der Waals surface area contributed by atoms with E-state index in [1.54, 1.807) is 23.9 Å². The number of benzene rings is 2. The molecule has 0 radical (unpaired) electrons. The Kier molecular flexibility index (Phi) is 5.00. The molecular weight excluding hydrogens is 257 g/mol. The van der Waals surface area contributed by atoms with Crippen molar-refractivity contribution in [3.8, 4) is 0 Å². The van der Waals surface area contributed by atoms with Crippen LogP contribution in [0.15, 0.2) is 53.4 Å². The Morgan fingerprint density at radius 1 is 1.16 bits per heavy atom. The molecule has 3 heteroatoms. The lowest BCUT2D eigenvalue weighted by Crippen LogP contribution is -2.25. The Morgan fingerprint density at radius 2 is 1.95 bits per heavy atom. The summed E-state index contributed by atoms with van der Waals surface area (Å²) in [4.78, 5) is 1.26. The SMILES string of the molecule is Cc1ccccc1SCC(N)Cc1cccc(F)c1. The highest BCUT2D eigenvalue weighted by Gasteiger charge is 2.07. The maximum atomic E-state index is 13.1. The number of halogens is 1. The van der Waals surface area contributed by atoms with Gasteiger partial charge in [-0.3, -0.25) is 0 Å². The summed E-state index contributed by atoms with van der Waals surface area (Å²) in [5, 5.41) is 0. The van der Waals surface area contributed by atoms with E-state index in [0.29, 0.717) is 6.42 Å². The van der Waals surface area contributed by atoms with E-state index in [1.165, 1.54) is 16.5 Å². The van der Waals surface area contributed by atoms with Gasteiger partial charge in [-0.25, -0.2) is 4.39 Å². The van der Waals surface area contributed by atoms with Gasteiger partial charge in [0.25, 0.3) is 0 Å². The quantitative estimate of drug-likeness (QED) is 0.840. The van der Waals surface area contributed by atoms with Crippen molar-refractivity contribution in [3.05, 3.63) is 65.5 Å². The van der Waals surface area contributed by atoms with Crippen molar-refractivity contribution in [2.75, 3.05) is 5.75 Å². The van der Waals surface area contributed by atoms with Gasteiger partial charge in [-0.15, -0.1) is 11.8 Å². The lowest BCUT2D eigenvalue weighted by molar-refractivity contribution is 0.623. The third-order valence-electron chi connectivity index (χ3n) is 2.93. The van der Waals surface area contributed by atoms with Gasteiger partial charge in [0.15, 0.2) is 0 Å². The van der Waals surface area contributed by atoms with E-state index in [9.17, 15) is 4.39 Å². The molecule has 0 bridgehead atoms. The molecule has 100 valence electrons. The minimum Gasteiger partial charge on any atom is -0.327 e. The van der Waals surface area contributed by atoms with Crippen LogP contribution in [0.5, 0.6) is 0 Å². The van der Waals surface area contributed by atoms with Crippen LogP contribution in [0.2, 0.25) is 0 Å². The van der Waals surface area contributed by atoms with E-state index in [-0.39, 0.29) is 11.9 Å². The number of nitrogens with two attached hydrogens (primary N) is 1. The maximum absolute atomic E-state index is 13.1. The molecular formula is C16H18FNS. The molecule has 0 saturated heterocycles. The molecule has 0 aromatic heterocycles. The fraction of sp³-hybridized carbons (Fsp3) is 0.250. The summed E-state index contributed by atoms with van der Waals surface area (Å²) in [5.74, 6) is 0.637. The monoisotopic (exact) mass is 275 g/mol. The summed E-state index contributed by atoms with van der Waals surface area (Å²) in [7, 11) is 0. The van der Waals surface area contributed by atoms with Gasteiger partial charge in [0.05, 0.1) is 0 Å². The molecule has 0 aliphatic rings. The van der Waals surface area contributed by atoms with Crippen molar-refractivity contribution in [1.82, 2.24) is 0 Å². The molecule has 0 heterocycles. The van der Waals surface area contributed by atoms with Crippen LogP contribution in [0.4, 0.5) is 4.39 Å². The number of hydrogen-bond acceptors (Lipinski definition) is 2. The molecule has 2 aromatic rings. The van der Waals surface area contributed by atoms with Gasteiger partial charge in [0, 0.05) is 16.7 Å². The smallest absolute Gasteiger partial charge is 0.123 e. The van der Waals surface area contributed by atoms with Crippen molar-refractivity contribution >= 4 is 11.8 Å². The van der Waals surface area contributed by atoms with Gasteiger partial charge < -0.3 is 5.73 Å². The van der Waals surface area contributed by atoms with Gasteiger partial charge >= 0.3 is 0 Å². The highest BCUT2D eigenvalue weighted by atomic mass is 32.2. The van der Waals surface area contributed by atoms with Gasteiger partial charge in [0.2, 0.25) is 0 Å². The van der Waals surface area contributed by atoms with Crippen molar-refractivity contribution in [2.24, 2.45) is 5.73 Å². The summed E-state index contributed by atoms with van der Waals surface area (Å²) >= 11 is 1.76. The fourth-order valence-corrected chi connectivity index (χ4v) is 2.92. The second-order valence-electron chi connectivity index (χ2n) is 4.67. The average Bonchev–Trinajstić information content (AvgIpc) is 2.38. The van der Waals surface area contributed by atoms with Crippen LogP contribution < -0.4 is 5.73 Å². The molecule has 1 nitrogen and oxygen atoms in total. The summed E-state index contributed by atoms with van der Waals surface area (Å²) in [6.07, 6.45) is 0.705. The first-order valence-electron chi connectivity index (χ1n) is 6.33. The molecule has 0 amide bonds. The zero-order valence-electron chi connectivity index (χ0n) is 11.0. The number of rotatable bonds is 5. The Labute approximate surface area is 118 Å². The fourth-order valence-electron chi connectivity index (χ4n) is 1.94. The topological polar surface area (TPSA) is 26.0 Å². The number of hydrogen-bond donors (Lipinski definition) is 1. The second-order valence-corrected chi connectivity index (χ2v) is 5.73. The van der Waals surface area contributed by atoms with Gasteiger partial charge in [-0.1, -0.05) is 30.3 Å². The van der Waals surface area contributed by atoms with Crippen molar-refractivity contribution in [1.29, 1.82) is 0 Å². The van der Waals surface area contributed by atoms with Crippen LogP contribution >= 0.6 is 11.8 Å². The van der Waals surface area contributed by atoms with Crippen LogP contribution in [0.1, 0.15) is 11.1 Å². The van der Waals surface area contributed by atoms with Crippen molar-refractivity contribution in [3.63, 3.8) is 0 Å². The van der Waals surface area contributed by atoms with E-state index in [0.717, 1.165) is 11.3 Å². The first-order valence-corrected chi connectivity index (χ1v) is 7.32. The minimum absolute atomic E-state index is 0.0337. The van der Waals surface area contributed by atoms with Gasteiger partial charge in [-0.05, 0) is 42.7 Å². The summed E-state index contributed by atoms with van der Waals surface area (Å²) < 4.78 is 13.1. The Hall–Kier alpha value is -1.32. The number of thioether (sulfide) groups is 1.